The zero-order valence-electron chi connectivity index (χ0n) is 27.8. The van der Waals surface area contributed by atoms with E-state index in [-0.39, 0.29) is 37.5 Å². The highest BCUT2D eigenvalue weighted by Gasteiger charge is 2.44. The number of hydrogen-bond acceptors (Lipinski definition) is 5. The lowest BCUT2D eigenvalue weighted by molar-refractivity contribution is -0.597. The molecule has 0 unspecified atom stereocenters. The molecule has 272 valence electrons. The van der Waals surface area contributed by atoms with Crippen LogP contribution in [0.15, 0.2) is 72.8 Å². The lowest BCUT2D eigenvalue weighted by Crippen LogP contribution is -3.61. The Balaban J connectivity index is 0.000000687. The Morgan fingerprint density at radius 2 is 0.750 bits per heavy atom. The average Bonchev–Trinajstić information content (AvgIpc) is 2.87. The van der Waals surface area contributed by atoms with E-state index in [2.05, 4.69) is 158 Å². The predicted octanol–water partition coefficient (Wildman–Crippen LogP) is 6.44. The van der Waals surface area contributed by atoms with Crippen molar-refractivity contribution >= 4 is 42.8 Å². The van der Waals surface area contributed by atoms with Crippen LogP contribution in [0, 0.1) is 10.7 Å². The summed E-state index contributed by atoms with van der Waals surface area (Å²) in [5.41, 5.74) is -6.18. The zero-order chi connectivity index (χ0) is 38.2. The van der Waals surface area contributed by atoms with Gasteiger partial charge in [-0.15, -0.1) is 0 Å². The molecule has 0 saturated carbocycles. The van der Waals surface area contributed by atoms with Gasteiger partial charge in [-0.1, -0.05) is 98.7 Å². The molecule has 0 radical (unpaired) electrons. The van der Waals surface area contributed by atoms with Crippen molar-refractivity contribution in [2.24, 2.45) is 0 Å². The van der Waals surface area contributed by atoms with Crippen molar-refractivity contribution in [3.05, 3.63) is 100 Å². The first kappa shape index (κ1) is 46.5. The Labute approximate surface area is 304 Å². The van der Waals surface area contributed by atoms with Gasteiger partial charge in [-0.3, -0.25) is 4.55 Å². The van der Waals surface area contributed by atoms with Gasteiger partial charge >= 0.3 is 42.3 Å². The van der Waals surface area contributed by atoms with E-state index in [1.165, 1.54) is 27.4 Å². The van der Waals surface area contributed by atoms with E-state index in [0.717, 1.165) is 0 Å². The van der Waals surface area contributed by atoms with Gasteiger partial charge in [0.25, 0.3) is 0 Å². The fourth-order valence-electron chi connectivity index (χ4n) is 3.10. The molecule has 6 nitrogen and oxygen atoms in total. The first-order chi connectivity index (χ1) is 21.2. The normalized spacial score (nSPS) is 12.8. The van der Waals surface area contributed by atoms with Gasteiger partial charge in [-0.25, -0.2) is 8.42 Å². The number of hydrogen-bond donors (Lipinski definition) is 1. The molecule has 48 heavy (non-hydrogen) atoms. The average molecular weight is 953 g/mol. The van der Waals surface area contributed by atoms with Crippen LogP contribution in [0.1, 0.15) is 79.0 Å². The molecule has 0 saturated heterocycles. The Bertz CT molecular complexity index is 1540. The highest BCUT2D eigenvalue weighted by atomic mass is 127. The van der Waals surface area contributed by atoms with Crippen molar-refractivity contribution in [1.29, 1.82) is 0 Å². The van der Waals surface area contributed by atoms with E-state index in [9.17, 15) is 26.3 Å². The van der Waals surface area contributed by atoms with Gasteiger partial charge in [-0.2, -0.15) is 34.8 Å². The van der Waals surface area contributed by atoms with Crippen molar-refractivity contribution in [2.75, 3.05) is 0 Å². The second kappa shape index (κ2) is 17.6. The maximum absolute atomic E-state index is 10.7. The molecule has 0 atom stereocenters. The van der Waals surface area contributed by atoms with Crippen LogP contribution in [-0.2, 0) is 36.5 Å². The zero-order valence-corrected chi connectivity index (χ0v) is 33.7. The van der Waals surface area contributed by atoms with Gasteiger partial charge in [0.2, 0.25) is 0 Å². The van der Waals surface area contributed by atoms with E-state index in [4.69, 9.17) is 25.9 Å². The van der Waals surface area contributed by atoms with E-state index < -0.39 is 31.3 Å². The smallest absolute Gasteiger partial charge is 0.522 e. The van der Waals surface area contributed by atoms with Gasteiger partial charge in [0.15, 0.2) is 17.3 Å². The Hall–Kier alpha value is -1.48. The second-order valence-electron chi connectivity index (χ2n) is 13.2. The summed E-state index contributed by atoms with van der Waals surface area (Å²) >= 11 is 2.25. The van der Waals surface area contributed by atoms with E-state index in [1.807, 2.05) is 0 Å². The van der Waals surface area contributed by atoms with Gasteiger partial charge in [0.1, 0.15) is 0 Å². The molecule has 0 aromatic heterocycles. The van der Waals surface area contributed by atoms with Gasteiger partial charge in [0, 0.05) is 3.57 Å². The first-order valence-electron chi connectivity index (χ1n) is 13.8. The molecule has 0 spiro atoms. The van der Waals surface area contributed by atoms with Crippen molar-refractivity contribution in [3.63, 3.8) is 0 Å². The second-order valence-corrected chi connectivity index (χ2v) is 20.2. The molecule has 0 amide bonds. The van der Waals surface area contributed by atoms with Gasteiger partial charge < -0.3 is 4.55 Å². The number of rotatable bonds is 2. The standard InChI is InChI=1S/C20H26I.C10H13I.2CHF3O3S/c1-19(2,3)15-7-11-17(12-8-15)21-18-13-9-16(10-14-18)20(4,5)6;1-10(2,3)8-4-6-9(11)7-5-8;2*2-1(3,4)8(5,6)7/h7-14H,1-6H3;4-7H,1-3H3;2*(H,5,6,7)/q+1;;;/p-1. The molecule has 0 aliphatic rings. The number of alkyl halides is 6. The minimum Gasteiger partial charge on any atom is -0.741 e. The van der Waals surface area contributed by atoms with Gasteiger partial charge in [-0.05, 0) is 91.9 Å². The third-order valence-electron chi connectivity index (χ3n) is 5.92. The van der Waals surface area contributed by atoms with Crippen molar-refractivity contribution in [2.45, 2.75) is 89.6 Å². The molecule has 0 aliphatic heterocycles. The molecular weight excluding hydrogens is 912 g/mol. The van der Waals surface area contributed by atoms with E-state index in [0.29, 0.717) is 0 Å². The molecule has 3 aromatic rings. The highest BCUT2D eigenvalue weighted by Crippen LogP contribution is 2.24. The Morgan fingerprint density at radius 3 is 0.917 bits per heavy atom. The minimum absolute atomic E-state index is 0.0703. The minimum atomic E-state index is -6.09. The Morgan fingerprint density at radius 1 is 0.542 bits per heavy atom. The molecular formula is C32H40F6I2O6S2. The molecule has 0 aliphatic carbocycles. The summed E-state index contributed by atoms with van der Waals surface area (Å²) in [6.07, 6.45) is 0. The fourth-order valence-corrected chi connectivity index (χ4v) is 5.62. The van der Waals surface area contributed by atoms with Crippen molar-refractivity contribution in [3.8, 4) is 0 Å². The third-order valence-corrected chi connectivity index (χ3v) is 10.5. The molecule has 0 fully saturated rings. The van der Waals surface area contributed by atoms with Crippen molar-refractivity contribution in [1.82, 2.24) is 0 Å². The maximum Gasteiger partial charge on any atom is 0.522 e. The van der Waals surface area contributed by atoms with Crippen molar-refractivity contribution < 1.29 is 73.5 Å². The lowest BCUT2D eigenvalue weighted by atomic mass is 9.87. The molecule has 0 heterocycles. The Kier molecular flexibility index (Phi) is 17.1. The van der Waals surface area contributed by atoms with Crippen LogP contribution in [0.3, 0.4) is 0 Å². The number of benzene rings is 3. The molecule has 3 aromatic carbocycles. The van der Waals surface area contributed by atoms with E-state index in [1.54, 1.807) is 0 Å². The predicted molar refractivity (Wildman–Crippen MR) is 179 cm³/mol. The van der Waals surface area contributed by atoms with Crippen LogP contribution >= 0.6 is 22.6 Å². The van der Waals surface area contributed by atoms with Crippen LogP contribution in [0.4, 0.5) is 26.3 Å². The summed E-state index contributed by atoms with van der Waals surface area (Å²) < 4.78 is 121. The third kappa shape index (κ3) is 18.0. The monoisotopic (exact) mass is 952 g/mol. The summed E-state index contributed by atoms with van der Waals surface area (Å²) in [4.78, 5) is 0. The SMILES string of the molecule is CC(C)(C)c1ccc(I)cc1.CC(C)(C)c1ccc([I+]c2ccc(C(C)(C)C)cc2)cc1.O=S(=O)(O)C(F)(F)F.O=S(=O)([O-])C(F)(F)F. The largest absolute Gasteiger partial charge is 0.741 e. The highest BCUT2D eigenvalue weighted by molar-refractivity contribution is 14.1. The van der Waals surface area contributed by atoms with Crippen LogP contribution in [0.2, 0.25) is 0 Å². The van der Waals surface area contributed by atoms with Gasteiger partial charge in [0.05, 0.1) is 0 Å². The summed E-state index contributed by atoms with van der Waals surface area (Å²) in [7, 11) is -11.9. The topological polar surface area (TPSA) is 112 Å². The summed E-state index contributed by atoms with van der Waals surface area (Å²) in [6, 6.07) is 27.1. The molecule has 3 rings (SSSR count). The fraction of sp³-hybridized carbons (Fsp3) is 0.438. The van der Waals surface area contributed by atoms with Crippen LogP contribution < -0.4 is 21.2 Å². The summed E-state index contributed by atoms with van der Waals surface area (Å²) in [5, 5.41) is 0. The number of halogens is 8. The summed E-state index contributed by atoms with van der Waals surface area (Å²) in [5.74, 6) is 0. The molecule has 0 bridgehead atoms. The quantitative estimate of drug-likeness (QED) is 0.137. The first-order valence-corrected chi connectivity index (χ1v) is 19.9. The van der Waals surface area contributed by atoms with Crippen LogP contribution in [-0.4, -0.2) is 37.0 Å². The van der Waals surface area contributed by atoms with E-state index >= 15 is 0 Å². The maximum atomic E-state index is 10.7. The molecule has 1 N–H and O–H groups in total. The van der Waals surface area contributed by atoms with Crippen LogP contribution in [0.5, 0.6) is 0 Å². The lowest BCUT2D eigenvalue weighted by Gasteiger charge is -2.18. The molecule has 16 heteroatoms. The van der Waals surface area contributed by atoms with Crippen LogP contribution in [0.25, 0.3) is 0 Å². The summed E-state index contributed by atoms with van der Waals surface area (Å²) in [6.45, 7) is 20.3.